The van der Waals surface area contributed by atoms with Crippen LogP contribution >= 0.6 is 23.1 Å². The maximum atomic E-state index is 13.0. The van der Waals surface area contributed by atoms with E-state index in [0.29, 0.717) is 17.4 Å². The molecule has 0 aliphatic carbocycles. The van der Waals surface area contributed by atoms with E-state index < -0.39 is 0 Å². The summed E-state index contributed by atoms with van der Waals surface area (Å²) >= 11 is 3.04. The zero-order valence-electron chi connectivity index (χ0n) is 10.4. The normalized spacial score (nSPS) is 10.6. The predicted molar refractivity (Wildman–Crippen MR) is 76.8 cm³/mol. The second kappa shape index (κ2) is 7.42. The molecule has 0 saturated heterocycles. The van der Waals surface area contributed by atoms with Gasteiger partial charge in [-0.25, -0.2) is 4.39 Å². The molecular weight excluding hydrogens is 285 g/mol. The molecule has 0 radical (unpaired) electrons. The van der Waals surface area contributed by atoms with Crippen molar-refractivity contribution in [1.82, 2.24) is 10.2 Å². The van der Waals surface area contributed by atoms with Gasteiger partial charge in [-0.1, -0.05) is 29.2 Å². The van der Waals surface area contributed by atoms with E-state index in [1.807, 2.05) is 6.92 Å². The average molecular weight is 299 g/mol. The molecule has 1 heterocycles. The summed E-state index contributed by atoms with van der Waals surface area (Å²) in [5.74, 6) is 0.573. The number of halogens is 1. The molecule has 1 aromatic carbocycles. The van der Waals surface area contributed by atoms with Crippen molar-refractivity contribution in [3.8, 4) is 0 Å². The number of nitrogens with zero attached hydrogens (tertiary/aromatic N) is 2. The Morgan fingerprint density at radius 3 is 3.11 bits per heavy atom. The number of nitrogens with one attached hydrogen (secondary N) is 1. The highest BCUT2D eigenvalue weighted by molar-refractivity contribution is 8.01. The highest BCUT2D eigenvalue weighted by atomic mass is 32.2. The minimum absolute atomic E-state index is 0.277. The van der Waals surface area contributed by atoms with Crippen molar-refractivity contribution in [3.05, 3.63) is 30.1 Å². The minimum atomic E-state index is -0.277. The van der Waals surface area contributed by atoms with E-state index in [9.17, 15) is 4.39 Å². The van der Waals surface area contributed by atoms with Crippen molar-refractivity contribution in [2.24, 2.45) is 0 Å². The second-order valence-corrected chi connectivity index (χ2v) is 5.87. The van der Waals surface area contributed by atoms with Gasteiger partial charge in [-0.15, -0.1) is 10.2 Å². The maximum absolute atomic E-state index is 13.0. The number of hydrogen-bond donors (Lipinski definition) is 1. The van der Waals surface area contributed by atoms with Gasteiger partial charge in [0.15, 0.2) is 4.34 Å². The molecule has 0 atom stereocenters. The first-order valence-electron chi connectivity index (χ1n) is 5.84. The van der Waals surface area contributed by atoms with E-state index in [1.54, 1.807) is 23.9 Å². The summed E-state index contributed by atoms with van der Waals surface area (Å²) in [5, 5.41) is 11.7. The highest BCUT2D eigenvalue weighted by Gasteiger charge is 2.05. The Bertz CT molecular complexity index is 521. The highest BCUT2D eigenvalue weighted by Crippen LogP contribution is 2.27. The summed E-state index contributed by atoms with van der Waals surface area (Å²) in [4.78, 5) is 0. The van der Waals surface area contributed by atoms with Gasteiger partial charge in [0.25, 0.3) is 0 Å². The smallest absolute Gasteiger partial charge is 0.210 e. The van der Waals surface area contributed by atoms with E-state index in [-0.39, 0.29) is 5.82 Å². The molecule has 2 aromatic rings. The van der Waals surface area contributed by atoms with Crippen LogP contribution in [0.25, 0.3) is 0 Å². The standard InChI is InChI=1S/C12H14FN3OS2/c1-2-17-6-7-18-12-16-15-11(19-12)14-10-5-3-4-9(13)8-10/h3-5,8H,2,6-7H2,1H3,(H,14,15). The van der Waals surface area contributed by atoms with Crippen LogP contribution < -0.4 is 5.32 Å². The van der Waals surface area contributed by atoms with Crippen molar-refractivity contribution < 1.29 is 9.13 Å². The van der Waals surface area contributed by atoms with Gasteiger partial charge in [0.2, 0.25) is 5.13 Å². The number of thioether (sulfide) groups is 1. The predicted octanol–water partition coefficient (Wildman–Crippen LogP) is 3.55. The maximum Gasteiger partial charge on any atom is 0.210 e. The van der Waals surface area contributed by atoms with Gasteiger partial charge < -0.3 is 10.1 Å². The molecule has 0 unspecified atom stereocenters. The lowest BCUT2D eigenvalue weighted by atomic mass is 10.3. The van der Waals surface area contributed by atoms with Crippen molar-refractivity contribution >= 4 is 33.9 Å². The van der Waals surface area contributed by atoms with Gasteiger partial charge in [-0.2, -0.15) is 0 Å². The van der Waals surface area contributed by atoms with Crippen LogP contribution in [0.3, 0.4) is 0 Å². The molecule has 0 fully saturated rings. The summed E-state index contributed by atoms with van der Waals surface area (Å²) in [6, 6.07) is 6.26. The molecule has 4 nitrogen and oxygen atoms in total. The molecule has 2 rings (SSSR count). The molecule has 102 valence electrons. The molecule has 1 aromatic heterocycles. The molecular formula is C12H14FN3OS2. The van der Waals surface area contributed by atoms with Crippen molar-refractivity contribution in [2.45, 2.75) is 11.3 Å². The van der Waals surface area contributed by atoms with Crippen molar-refractivity contribution in [2.75, 3.05) is 24.3 Å². The third kappa shape index (κ3) is 4.77. The van der Waals surface area contributed by atoms with Crippen molar-refractivity contribution in [1.29, 1.82) is 0 Å². The summed E-state index contributed by atoms with van der Waals surface area (Å²) in [6.07, 6.45) is 0. The molecule has 1 N–H and O–H groups in total. The van der Waals surface area contributed by atoms with Crippen LogP contribution in [-0.2, 0) is 4.74 Å². The minimum Gasteiger partial charge on any atom is -0.381 e. The van der Waals surface area contributed by atoms with Crippen LogP contribution in [-0.4, -0.2) is 29.2 Å². The van der Waals surface area contributed by atoms with Crippen LogP contribution in [0, 0.1) is 5.82 Å². The number of aromatic nitrogens is 2. The number of rotatable bonds is 7. The first-order valence-corrected chi connectivity index (χ1v) is 7.65. The lowest BCUT2D eigenvalue weighted by molar-refractivity contribution is 0.164. The van der Waals surface area contributed by atoms with Crippen LogP contribution in [0.1, 0.15) is 6.92 Å². The van der Waals surface area contributed by atoms with Crippen LogP contribution in [0.5, 0.6) is 0 Å². The third-order valence-corrected chi connectivity index (χ3v) is 4.08. The lowest BCUT2D eigenvalue weighted by Crippen LogP contribution is -1.95. The van der Waals surface area contributed by atoms with Gasteiger partial charge in [-0.05, 0) is 25.1 Å². The average Bonchev–Trinajstić information content (AvgIpc) is 2.82. The zero-order valence-corrected chi connectivity index (χ0v) is 12.1. The van der Waals surface area contributed by atoms with Crippen LogP contribution in [0.15, 0.2) is 28.6 Å². The fourth-order valence-corrected chi connectivity index (χ4v) is 3.04. The van der Waals surface area contributed by atoms with Gasteiger partial charge in [0.05, 0.1) is 6.61 Å². The Morgan fingerprint density at radius 1 is 1.42 bits per heavy atom. The third-order valence-electron chi connectivity index (χ3n) is 2.14. The molecule has 0 spiro atoms. The Balaban J connectivity index is 1.87. The van der Waals surface area contributed by atoms with E-state index in [4.69, 9.17) is 4.74 Å². The van der Waals surface area contributed by atoms with Crippen LogP contribution in [0.2, 0.25) is 0 Å². The van der Waals surface area contributed by atoms with Crippen molar-refractivity contribution in [3.63, 3.8) is 0 Å². The second-order valence-electron chi connectivity index (χ2n) is 3.55. The summed E-state index contributed by atoms with van der Waals surface area (Å²) in [5.41, 5.74) is 0.669. The largest absolute Gasteiger partial charge is 0.381 e. The van der Waals surface area contributed by atoms with E-state index in [2.05, 4.69) is 15.5 Å². The molecule has 19 heavy (non-hydrogen) atoms. The fraction of sp³-hybridized carbons (Fsp3) is 0.333. The summed E-state index contributed by atoms with van der Waals surface area (Å²) < 4.78 is 19.1. The first kappa shape index (κ1) is 14.2. The van der Waals surface area contributed by atoms with Crippen LogP contribution in [0.4, 0.5) is 15.2 Å². The number of hydrogen-bond acceptors (Lipinski definition) is 6. The fourth-order valence-electron chi connectivity index (χ4n) is 1.34. The Labute approximate surface area is 119 Å². The number of ether oxygens (including phenoxy) is 1. The molecule has 0 aliphatic heterocycles. The molecule has 0 saturated carbocycles. The Kier molecular flexibility index (Phi) is 5.56. The summed E-state index contributed by atoms with van der Waals surface area (Å²) in [7, 11) is 0. The van der Waals surface area contributed by atoms with Gasteiger partial charge in [0.1, 0.15) is 5.82 Å². The van der Waals surface area contributed by atoms with Gasteiger partial charge in [-0.3, -0.25) is 0 Å². The van der Waals surface area contributed by atoms with E-state index >= 15 is 0 Å². The topological polar surface area (TPSA) is 47.0 Å². The number of benzene rings is 1. The molecule has 0 amide bonds. The quantitative estimate of drug-likeness (QED) is 0.626. The molecule has 0 bridgehead atoms. The van der Waals surface area contributed by atoms with Gasteiger partial charge in [0, 0.05) is 18.0 Å². The Hall–Kier alpha value is -1.18. The van der Waals surface area contributed by atoms with E-state index in [1.165, 1.54) is 23.5 Å². The zero-order chi connectivity index (χ0) is 13.5. The molecule has 7 heteroatoms. The first-order chi connectivity index (χ1) is 9.28. The SMILES string of the molecule is CCOCCSc1nnc(Nc2cccc(F)c2)s1. The van der Waals surface area contributed by atoms with Gasteiger partial charge >= 0.3 is 0 Å². The lowest BCUT2D eigenvalue weighted by Gasteiger charge is -2.00. The summed E-state index contributed by atoms with van der Waals surface area (Å²) in [6.45, 7) is 3.40. The van der Waals surface area contributed by atoms with E-state index in [0.717, 1.165) is 16.7 Å². The Morgan fingerprint density at radius 2 is 2.32 bits per heavy atom. The number of anilines is 2. The monoisotopic (exact) mass is 299 g/mol. The molecule has 0 aliphatic rings.